The van der Waals surface area contributed by atoms with Gasteiger partial charge in [0.15, 0.2) is 11.7 Å². The van der Waals surface area contributed by atoms with E-state index in [0.717, 1.165) is 6.08 Å². The Morgan fingerprint density at radius 3 is 1.64 bits per heavy atom. The third-order valence-electron chi connectivity index (χ3n) is 0.632. The first kappa shape index (κ1) is 12.7. The van der Waals surface area contributed by atoms with E-state index in [1.807, 2.05) is 13.8 Å². The zero-order valence-corrected chi connectivity index (χ0v) is 7.25. The molecule has 0 fully saturated rings. The Kier molecular flexibility index (Phi) is 8.32. The molecule has 0 aliphatic heterocycles. The molecule has 11 heavy (non-hydrogen) atoms. The molecule has 0 bridgehead atoms. The summed E-state index contributed by atoms with van der Waals surface area (Å²) in [6.45, 7) is 11.7. The fraction of sp³-hybridized carbons (Fsp3) is 0.333. The predicted octanol–water partition coefficient (Wildman–Crippen LogP) is 3.93. The van der Waals surface area contributed by atoms with Crippen molar-refractivity contribution in [3.63, 3.8) is 0 Å². The normalized spacial score (nSPS) is 9.73. The molecule has 0 amide bonds. The fourth-order valence-electron chi connectivity index (χ4n) is 0.295. The molecule has 0 rings (SSSR count). The molecule has 0 radical (unpaired) electrons. The van der Waals surface area contributed by atoms with Crippen LogP contribution in [0.25, 0.3) is 0 Å². The summed E-state index contributed by atoms with van der Waals surface area (Å²) in [6, 6.07) is 0. The maximum atomic E-state index is 12.1. The average molecular weight is 160 g/mol. The van der Waals surface area contributed by atoms with Gasteiger partial charge in [-0.25, -0.2) is 8.78 Å². The van der Waals surface area contributed by atoms with Gasteiger partial charge in [-0.2, -0.15) is 0 Å². The minimum atomic E-state index is -1.06. The van der Waals surface area contributed by atoms with Crippen LogP contribution in [0.4, 0.5) is 8.78 Å². The Hall–Kier alpha value is -0.920. The van der Waals surface area contributed by atoms with Crippen LogP contribution in [0.2, 0.25) is 0 Å². The van der Waals surface area contributed by atoms with Gasteiger partial charge in [0.25, 0.3) is 0 Å². The van der Waals surface area contributed by atoms with Crippen LogP contribution >= 0.6 is 0 Å². The third-order valence-corrected chi connectivity index (χ3v) is 0.632. The molecule has 0 unspecified atom stereocenters. The molecule has 0 aliphatic carbocycles. The second kappa shape index (κ2) is 7.19. The van der Waals surface area contributed by atoms with Gasteiger partial charge < -0.3 is 0 Å². The van der Waals surface area contributed by atoms with Crippen LogP contribution in [0, 0.1) is 0 Å². The largest absolute Gasteiger partial charge is 0.204 e. The van der Waals surface area contributed by atoms with Crippen LogP contribution in [-0.2, 0) is 0 Å². The molecule has 0 spiro atoms. The van der Waals surface area contributed by atoms with Gasteiger partial charge in [0, 0.05) is 0 Å². The van der Waals surface area contributed by atoms with Crippen LogP contribution in [0.15, 0.2) is 36.5 Å². The van der Waals surface area contributed by atoms with Crippen LogP contribution in [0.5, 0.6) is 0 Å². The number of rotatable bonds is 2. The molecule has 2 heteroatoms. The van der Waals surface area contributed by atoms with E-state index >= 15 is 0 Å². The number of halogens is 2. The van der Waals surface area contributed by atoms with Gasteiger partial charge in [0.2, 0.25) is 0 Å². The SMILES string of the molecule is C=C(C)/C=C(/F)C(=C)F.CC. The topological polar surface area (TPSA) is 0 Å². The molecule has 0 atom stereocenters. The fourth-order valence-corrected chi connectivity index (χ4v) is 0.295. The van der Waals surface area contributed by atoms with Crippen molar-refractivity contribution < 1.29 is 8.78 Å². The monoisotopic (exact) mass is 160 g/mol. The Balaban J connectivity index is 0. The maximum absolute atomic E-state index is 12.1. The smallest absolute Gasteiger partial charge is 0.158 e. The van der Waals surface area contributed by atoms with Gasteiger partial charge in [0.05, 0.1) is 0 Å². The zero-order chi connectivity index (χ0) is 9.44. The summed E-state index contributed by atoms with van der Waals surface area (Å²) in [4.78, 5) is 0. The average Bonchev–Trinajstić information content (AvgIpc) is 1.90. The minimum absolute atomic E-state index is 0.464. The van der Waals surface area contributed by atoms with Crippen molar-refractivity contribution in [3.8, 4) is 0 Å². The van der Waals surface area contributed by atoms with E-state index in [2.05, 4.69) is 13.2 Å². The number of hydrogen-bond acceptors (Lipinski definition) is 0. The molecule has 0 aliphatic rings. The summed E-state index contributed by atoms with van der Waals surface area (Å²) in [7, 11) is 0. The minimum Gasteiger partial charge on any atom is -0.204 e. The van der Waals surface area contributed by atoms with Crippen molar-refractivity contribution in [2.45, 2.75) is 20.8 Å². The van der Waals surface area contributed by atoms with Gasteiger partial charge in [-0.1, -0.05) is 32.6 Å². The quantitative estimate of drug-likeness (QED) is 0.537. The summed E-state index contributed by atoms with van der Waals surface area (Å²) < 4.78 is 23.9. The van der Waals surface area contributed by atoms with Crippen molar-refractivity contribution in [2.24, 2.45) is 0 Å². The Bertz CT molecular complexity index is 166. The first-order chi connectivity index (χ1) is 5.04. The standard InChI is InChI=1S/C7H8F2.C2H6/c1-5(2)4-7(9)6(3)8;1-2/h4H,1,3H2,2H3;1-2H3/b7-4+;. The van der Waals surface area contributed by atoms with Crippen molar-refractivity contribution >= 4 is 0 Å². The van der Waals surface area contributed by atoms with Crippen LogP contribution in [-0.4, -0.2) is 0 Å². The summed E-state index contributed by atoms with van der Waals surface area (Å²) in [5.41, 5.74) is 0.464. The second-order valence-corrected chi connectivity index (χ2v) is 1.74. The van der Waals surface area contributed by atoms with E-state index in [1.165, 1.54) is 0 Å². The van der Waals surface area contributed by atoms with Gasteiger partial charge in [-0.15, -0.1) is 0 Å². The molecule has 0 heterocycles. The first-order valence-corrected chi connectivity index (χ1v) is 3.41. The van der Waals surface area contributed by atoms with Crippen molar-refractivity contribution in [1.82, 2.24) is 0 Å². The van der Waals surface area contributed by atoms with E-state index in [0.29, 0.717) is 5.57 Å². The zero-order valence-electron chi connectivity index (χ0n) is 7.25. The lowest BCUT2D eigenvalue weighted by Gasteiger charge is -1.88. The lowest BCUT2D eigenvalue weighted by molar-refractivity contribution is 0.547. The van der Waals surface area contributed by atoms with Crippen molar-refractivity contribution in [3.05, 3.63) is 36.5 Å². The third kappa shape index (κ3) is 9.08. The lowest BCUT2D eigenvalue weighted by atomic mass is 10.3. The highest BCUT2D eigenvalue weighted by molar-refractivity contribution is 5.24. The highest BCUT2D eigenvalue weighted by atomic mass is 19.2. The van der Waals surface area contributed by atoms with Crippen molar-refractivity contribution in [1.29, 1.82) is 0 Å². The van der Waals surface area contributed by atoms with E-state index in [4.69, 9.17) is 0 Å². The molecule has 0 N–H and O–H groups in total. The summed E-state index contributed by atoms with van der Waals surface area (Å²) in [5, 5.41) is 0. The van der Waals surface area contributed by atoms with Crippen LogP contribution in [0.1, 0.15) is 20.8 Å². The van der Waals surface area contributed by atoms with Gasteiger partial charge in [-0.05, 0) is 13.0 Å². The Labute approximate surface area is 66.9 Å². The highest BCUT2D eigenvalue weighted by Crippen LogP contribution is 2.11. The lowest BCUT2D eigenvalue weighted by Crippen LogP contribution is -1.72. The second-order valence-electron chi connectivity index (χ2n) is 1.74. The number of allylic oxidation sites excluding steroid dienone is 4. The number of hydrogen-bond donors (Lipinski definition) is 0. The van der Waals surface area contributed by atoms with E-state index < -0.39 is 11.7 Å². The van der Waals surface area contributed by atoms with E-state index in [-0.39, 0.29) is 0 Å². The van der Waals surface area contributed by atoms with Crippen LogP contribution in [0.3, 0.4) is 0 Å². The molecule has 0 saturated heterocycles. The Morgan fingerprint density at radius 2 is 1.55 bits per heavy atom. The molecular weight excluding hydrogens is 146 g/mol. The summed E-state index contributed by atoms with van der Waals surface area (Å²) in [5.74, 6) is -2.01. The van der Waals surface area contributed by atoms with E-state index in [9.17, 15) is 8.78 Å². The first-order valence-electron chi connectivity index (χ1n) is 3.41. The maximum Gasteiger partial charge on any atom is 0.158 e. The molecule has 0 aromatic rings. The molecular formula is C9H14F2. The molecule has 64 valence electrons. The highest BCUT2D eigenvalue weighted by Gasteiger charge is 1.96. The van der Waals surface area contributed by atoms with Gasteiger partial charge in [0.1, 0.15) is 0 Å². The van der Waals surface area contributed by atoms with Crippen molar-refractivity contribution in [2.75, 3.05) is 0 Å². The molecule has 0 nitrogen and oxygen atoms in total. The van der Waals surface area contributed by atoms with Gasteiger partial charge in [-0.3, -0.25) is 0 Å². The molecule has 0 aromatic heterocycles. The van der Waals surface area contributed by atoms with Crippen LogP contribution < -0.4 is 0 Å². The summed E-state index contributed by atoms with van der Waals surface area (Å²) in [6.07, 6.45) is 0.988. The van der Waals surface area contributed by atoms with Gasteiger partial charge >= 0.3 is 0 Å². The molecule has 0 aromatic carbocycles. The summed E-state index contributed by atoms with van der Waals surface area (Å²) >= 11 is 0. The molecule has 0 saturated carbocycles. The predicted molar refractivity (Wildman–Crippen MR) is 45.6 cm³/mol. The Morgan fingerprint density at radius 1 is 1.18 bits per heavy atom. The van der Waals surface area contributed by atoms with E-state index in [1.54, 1.807) is 6.92 Å².